The van der Waals surface area contributed by atoms with E-state index in [4.69, 9.17) is 4.74 Å². The van der Waals surface area contributed by atoms with E-state index in [9.17, 15) is 4.79 Å². The van der Waals surface area contributed by atoms with E-state index >= 15 is 0 Å². The zero-order valence-electron chi connectivity index (χ0n) is 10.6. The first-order chi connectivity index (χ1) is 8.76. The Labute approximate surface area is 107 Å². The average molecular weight is 243 g/mol. The molecule has 3 rings (SSSR count). The SMILES string of the molecule is COCC1(c2ccccc2C2(N=C=O)CC2)CC1. The van der Waals surface area contributed by atoms with E-state index in [-0.39, 0.29) is 11.0 Å². The van der Waals surface area contributed by atoms with E-state index in [2.05, 4.69) is 23.2 Å². The quantitative estimate of drug-likeness (QED) is 0.589. The summed E-state index contributed by atoms with van der Waals surface area (Å²) >= 11 is 0. The third-order valence-corrected chi connectivity index (χ3v) is 4.26. The number of hydrogen-bond acceptors (Lipinski definition) is 3. The van der Waals surface area contributed by atoms with Crippen LogP contribution in [0.1, 0.15) is 36.8 Å². The maximum atomic E-state index is 10.6. The number of rotatable bonds is 5. The van der Waals surface area contributed by atoms with Crippen molar-refractivity contribution >= 4 is 6.08 Å². The van der Waals surface area contributed by atoms with Gasteiger partial charge in [-0.15, -0.1) is 0 Å². The van der Waals surface area contributed by atoms with Crippen molar-refractivity contribution in [2.75, 3.05) is 13.7 Å². The third-order valence-electron chi connectivity index (χ3n) is 4.26. The van der Waals surface area contributed by atoms with Gasteiger partial charge in [0.15, 0.2) is 0 Å². The smallest absolute Gasteiger partial charge is 0.235 e. The van der Waals surface area contributed by atoms with Gasteiger partial charge in [0, 0.05) is 12.5 Å². The van der Waals surface area contributed by atoms with Crippen molar-refractivity contribution in [2.45, 2.75) is 36.6 Å². The summed E-state index contributed by atoms with van der Waals surface area (Å²) in [5, 5.41) is 0. The Morgan fingerprint density at radius 1 is 1.22 bits per heavy atom. The molecule has 0 spiro atoms. The fourth-order valence-electron chi connectivity index (χ4n) is 2.92. The molecule has 94 valence electrons. The molecule has 0 radical (unpaired) electrons. The lowest BCUT2D eigenvalue weighted by Gasteiger charge is -2.21. The molecule has 1 aromatic rings. The van der Waals surface area contributed by atoms with Crippen molar-refractivity contribution in [2.24, 2.45) is 4.99 Å². The Morgan fingerprint density at radius 2 is 1.89 bits per heavy atom. The molecular weight excluding hydrogens is 226 g/mol. The van der Waals surface area contributed by atoms with Crippen molar-refractivity contribution < 1.29 is 9.53 Å². The fraction of sp³-hybridized carbons (Fsp3) is 0.533. The Kier molecular flexibility index (Phi) is 2.61. The second kappa shape index (κ2) is 4.04. The van der Waals surface area contributed by atoms with Crippen LogP contribution in [0.25, 0.3) is 0 Å². The van der Waals surface area contributed by atoms with Crippen LogP contribution < -0.4 is 0 Å². The summed E-state index contributed by atoms with van der Waals surface area (Å²) in [7, 11) is 1.75. The lowest BCUT2D eigenvalue weighted by atomic mass is 9.87. The second-order valence-corrected chi connectivity index (χ2v) is 5.49. The summed E-state index contributed by atoms with van der Waals surface area (Å²) < 4.78 is 5.36. The van der Waals surface area contributed by atoms with Crippen molar-refractivity contribution in [3.8, 4) is 0 Å². The molecule has 2 aliphatic carbocycles. The highest BCUT2D eigenvalue weighted by Gasteiger charge is 2.52. The predicted octanol–water partition coefficient (Wildman–Crippen LogP) is 2.69. The van der Waals surface area contributed by atoms with Gasteiger partial charge in [0.2, 0.25) is 6.08 Å². The zero-order valence-corrected chi connectivity index (χ0v) is 10.6. The van der Waals surface area contributed by atoms with Crippen LogP contribution in [-0.2, 0) is 20.5 Å². The number of nitrogens with zero attached hydrogens (tertiary/aromatic N) is 1. The van der Waals surface area contributed by atoms with Gasteiger partial charge in [-0.1, -0.05) is 24.3 Å². The molecule has 0 atom stereocenters. The summed E-state index contributed by atoms with van der Waals surface area (Å²) in [5.74, 6) is 0. The van der Waals surface area contributed by atoms with Gasteiger partial charge in [-0.3, -0.25) is 0 Å². The molecule has 3 nitrogen and oxygen atoms in total. The fourth-order valence-corrected chi connectivity index (χ4v) is 2.92. The Bertz CT molecular complexity index is 509. The van der Waals surface area contributed by atoms with Gasteiger partial charge >= 0.3 is 0 Å². The van der Waals surface area contributed by atoms with Crippen LogP contribution in [0.15, 0.2) is 29.3 Å². The van der Waals surface area contributed by atoms with Gasteiger partial charge in [-0.25, -0.2) is 4.79 Å². The molecule has 2 fully saturated rings. The van der Waals surface area contributed by atoms with Crippen LogP contribution in [0.4, 0.5) is 0 Å². The normalized spacial score (nSPS) is 22.1. The highest BCUT2D eigenvalue weighted by molar-refractivity contribution is 5.48. The first-order valence-electron chi connectivity index (χ1n) is 6.44. The number of hydrogen-bond donors (Lipinski definition) is 0. The Morgan fingerprint density at radius 3 is 2.39 bits per heavy atom. The lowest BCUT2D eigenvalue weighted by molar-refractivity contribution is 0.171. The minimum Gasteiger partial charge on any atom is -0.384 e. The van der Waals surface area contributed by atoms with E-state index in [1.165, 1.54) is 24.0 Å². The lowest BCUT2D eigenvalue weighted by Crippen LogP contribution is -2.19. The monoisotopic (exact) mass is 243 g/mol. The number of methoxy groups -OCH3 is 1. The molecule has 0 amide bonds. The molecule has 0 N–H and O–H groups in total. The summed E-state index contributed by atoms with van der Waals surface area (Å²) in [6.45, 7) is 0.755. The van der Waals surface area contributed by atoms with E-state index in [1.807, 2.05) is 6.07 Å². The van der Waals surface area contributed by atoms with E-state index < -0.39 is 0 Å². The average Bonchev–Trinajstić information content (AvgIpc) is 3.27. The molecule has 3 heteroatoms. The summed E-state index contributed by atoms with van der Waals surface area (Å²) in [5.41, 5.74) is 2.42. The number of isocyanates is 1. The van der Waals surface area contributed by atoms with Crippen LogP contribution in [0, 0.1) is 0 Å². The number of benzene rings is 1. The molecule has 0 unspecified atom stereocenters. The molecule has 1 aromatic carbocycles. The van der Waals surface area contributed by atoms with Crippen LogP contribution >= 0.6 is 0 Å². The first-order valence-corrected chi connectivity index (χ1v) is 6.44. The van der Waals surface area contributed by atoms with Gasteiger partial charge in [0.25, 0.3) is 0 Å². The van der Waals surface area contributed by atoms with E-state index in [1.54, 1.807) is 13.2 Å². The molecule has 0 bridgehead atoms. The maximum Gasteiger partial charge on any atom is 0.235 e. The van der Waals surface area contributed by atoms with Crippen molar-refractivity contribution in [1.82, 2.24) is 0 Å². The van der Waals surface area contributed by atoms with Crippen LogP contribution in [0.2, 0.25) is 0 Å². The molecule has 0 saturated heterocycles. The highest BCUT2D eigenvalue weighted by atomic mass is 16.5. The number of ether oxygens (including phenoxy) is 1. The molecule has 0 aromatic heterocycles. The minimum absolute atomic E-state index is 0.166. The molecule has 2 saturated carbocycles. The Hall–Kier alpha value is -1.44. The summed E-state index contributed by atoms with van der Waals surface area (Å²) in [6.07, 6.45) is 6.00. The highest BCUT2D eigenvalue weighted by Crippen LogP contribution is 2.56. The summed E-state index contributed by atoms with van der Waals surface area (Å²) in [4.78, 5) is 14.7. The van der Waals surface area contributed by atoms with Crippen molar-refractivity contribution in [3.63, 3.8) is 0 Å². The van der Waals surface area contributed by atoms with E-state index in [0.29, 0.717) is 0 Å². The minimum atomic E-state index is -0.276. The standard InChI is InChI=1S/C15H17NO2/c1-18-10-14(6-7-14)12-4-2-3-5-13(12)15(8-9-15)16-11-17/h2-5H,6-10H2,1H3. The van der Waals surface area contributed by atoms with Crippen molar-refractivity contribution in [1.29, 1.82) is 0 Å². The van der Waals surface area contributed by atoms with Crippen LogP contribution in [0.3, 0.4) is 0 Å². The third kappa shape index (κ3) is 1.71. The molecule has 2 aliphatic rings. The van der Waals surface area contributed by atoms with Crippen molar-refractivity contribution in [3.05, 3.63) is 35.4 Å². The van der Waals surface area contributed by atoms with Gasteiger partial charge in [-0.05, 0) is 36.8 Å². The second-order valence-electron chi connectivity index (χ2n) is 5.49. The van der Waals surface area contributed by atoms with Gasteiger partial charge in [0.05, 0.1) is 12.1 Å². The van der Waals surface area contributed by atoms with Crippen LogP contribution in [0.5, 0.6) is 0 Å². The number of aliphatic imine (C=N–C) groups is 1. The van der Waals surface area contributed by atoms with Gasteiger partial charge in [-0.2, -0.15) is 4.99 Å². The largest absolute Gasteiger partial charge is 0.384 e. The molecule has 0 aliphatic heterocycles. The zero-order chi connectivity index (χ0) is 12.6. The van der Waals surface area contributed by atoms with Gasteiger partial charge < -0.3 is 4.74 Å². The topological polar surface area (TPSA) is 38.7 Å². The predicted molar refractivity (Wildman–Crippen MR) is 68.3 cm³/mol. The molecule has 0 heterocycles. The maximum absolute atomic E-state index is 10.6. The van der Waals surface area contributed by atoms with Gasteiger partial charge in [0.1, 0.15) is 0 Å². The Balaban J connectivity index is 2.04. The van der Waals surface area contributed by atoms with Crippen LogP contribution in [-0.4, -0.2) is 19.8 Å². The van der Waals surface area contributed by atoms with E-state index in [0.717, 1.165) is 19.4 Å². The molecule has 18 heavy (non-hydrogen) atoms. The first kappa shape index (κ1) is 11.6. The molecular formula is C15H17NO2. The number of carbonyl (C=O) groups excluding carboxylic acids is 1. The summed E-state index contributed by atoms with van der Waals surface area (Å²) in [6, 6.07) is 8.37.